The maximum atomic E-state index is 11.6. The summed E-state index contributed by atoms with van der Waals surface area (Å²) in [5.41, 5.74) is 3.68. The Bertz CT molecular complexity index is 1290. The number of rotatable bonds is 14. The first-order chi connectivity index (χ1) is 18.7. The molecule has 4 rings (SSSR count). The van der Waals surface area contributed by atoms with Crippen molar-refractivity contribution in [2.24, 2.45) is 5.16 Å². The molecule has 0 bridgehead atoms. The summed E-state index contributed by atoms with van der Waals surface area (Å²) in [6, 6.07) is 27.1. The van der Waals surface area contributed by atoms with Crippen LogP contribution in [0, 0.1) is 0 Å². The SMILES string of the molecule is CCOC(=O)CCCCC(=NOCc1ccc(OCc2noc(-c3ccccc3)n2)cc1)c1ccccc1. The van der Waals surface area contributed by atoms with Crippen molar-refractivity contribution >= 4 is 11.7 Å². The highest BCUT2D eigenvalue weighted by Gasteiger charge is 2.10. The van der Waals surface area contributed by atoms with Gasteiger partial charge in [-0.2, -0.15) is 4.98 Å². The van der Waals surface area contributed by atoms with Crippen LogP contribution in [0.5, 0.6) is 5.75 Å². The summed E-state index contributed by atoms with van der Waals surface area (Å²) in [4.78, 5) is 21.7. The highest BCUT2D eigenvalue weighted by Crippen LogP contribution is 2.18. The zero-order valence-corrected chi connectivity index (χ0v) is 21.4. The Hall–Kier alpha value is -4.46. The number of benzene rings is 3. The molecule has 0 spiro atoms. The lowest BCUT2D eigenvalue weighted by Crippen LogP contribution is -2.05. The molecule has 4 aromatic rings. The van der Waals surface area contributed by atoms with Crippen molar-refractivity contribution in [2.75, 3.05) is 6.61 Å². The second-order valence-electron chi connectivity index (χ2n) is 8.50. The number of esters is 1. The Morgan fingerprint density at radius 3 is 2.32 bits per heavy atom. The third kappa shape index (κ3) is 8.30. The van der Waals surface area contributed by atoms with Crippen LogP contribution >= 0.6 is 0 Å². The van der Waals surface area contributed by atoms with Crippen LogP contribution in [0.4, 0.5) is 0 Å². The standard InChI is InChI=1S/C30H31N3O5/c1-2-35-29(34)16-10-9-15-27(24-11-5-3-6-12-24)32-37-21-23-17-19-26(20-18-23)36-22-28-31-30(38-33-28)25-13-7-4-8-14-25/h3-8,11-14,17-20H,2,9-10,15-16,21-22H2,1H3. The third-order valence-corrected chi connectivity index (χ3v) is 5.64. The van der Waals surface area contributed by atoms with Crippen molar-refractivity contribution in [1.82, 2.24) is 10.1 Å². The topological polar surface area (TPSA) is 96.0 Å². The average Bonchev–Trinajstić information content (AvgIpc) is 3.44. The number of hydrogen-bond acceptors (Lipinski definition) is 8. The Morgan fingerprint density at radius 1 is 0.868 bits per heavy atom. The van der Waals surface area contributed by atoms with E-state index < -0.39 is 0 Å². The van der Waals surface area contributed by atoms with E-state index in [0.29, 0.717) is 43.5 Å². The molecule has 38 heavy (non-hydrogen) atoms. The molecule has 0 unspecified atom stereocenters. The molecule has 0 N–H and O–H groups in total. The molecular formula is C30H31N3O5. The molecule has 3 aromatic carbocycles. The van der Waals surface area contributed by atoms with Crippen LogP contribution in [0.3, 0.4) is 0 Å². The average molecular weight is 514 g/mol. The van der Waals surface area contributed by atoms with Gasteiger partial charge in [0.15, 0.2) is 6.61 Å². The van der Waals surface area contributed by atoms with E-state index in [0.717, 1.165) is 35.2 Å². The van der Waals surface area contributed by atoms with Crippen LogP contribution in [0.2, 0.25) is 0 Å². The normalized spacial score (nSPS) is 11.2. The van der Waals surface area contributed by atoms with E-state index in [4.69, 9.17) is 18.8 Å². The van der Waals surface area contributed by atoms with Crippen molar-refractivity contribution in [3.63, 3.8) is 0 Å². The molecule has 0 radical (unpaired) electrons. The van der Waals surface area contributed by atoms with Gasteiger partial charge in [-0.05, 0) is 61.6 Å². The van der Waals surface area contributed by atoms with Gasteiger partial charge in [0.25, 0.3) is 5.89 Å². The van der Waals surface area contributed by atoms with Gasteiger partial charge in [-0.15, -0.1) is 0 Å². The van der Waals surface area contributed by atoms with Crippen LogP contribution in [0.25, 0.3) is 11.5 Å². The number of unbranched alkanes of at least 4 members (excludes halogenated alkanes) is 1. The lowest BCUT2D eigenvalue weighted by atomic mass is 10.0. The Morgan fingerprint density at radius 2 is 1.58 bits per heavy atom. The van der Waals surface area contributed by atoms with Crippen LogP contribution in [-0.4, -0.2) is 28.4 Å². The molecular weight excluding hydrogens is 482 g/mol. The summed E-state index contributed by atoms with van der Waals surface area (Å²) in [7, 11) is 0. The van der Waals surface area contributed by atoms with Gasteiger partial charge in [-0.3, -0.25) is 4.79 Å². The van der Waals surface area contributed by atoms with Crippen molar-refractivity contribution in [2.45, 2.75) is 45.8 Å². The Labute approximate surface area is 222 Å². The molecule has 196 valence electrons. The van der Waals surface area contributed by atoms with E-state index in [-0.39, 0.29) is 12.6 Å². The van der Waals surface area contributed by atoms with Crippen LogP contribution < -0.4 is 4.74 Å². The number of nitrogens with zero attached hydrogens (tertiary/aromatic N) is 3. The minimum atomic E-state index is -0.163. The predicted octanol–water partition coefficient (Wildman–Crippen LogP) is 6.36. The molecule has 0 atom stereocenters. The molecule has 0 aliphatic heterocycles. The first-order valence-corrected chi connectivity index (χ1v) is 12.7. The molecule has 0 aliphatic rings. The highest BCUT2D eigenvalue weighted by atomic mass is 16.6. The van der Waals surface area contributed by atoms with Gasteiger partial charge in [-0.25, -0.2) is 0 Å². The van der Waals surface area contributed by atoms with Gasteiger partial charge in [0.2, 0.25) is 5.82 Å². The van der Waals surface area contributed by atoms with Crippen molar-refractivity contribution in [3.8, 4) is 17.2 Å². The number of hydrogen-bond donors (Lipinski definition) is 0. The molecule has 0 amide bonds. The van der Waals surface area contributed by atoms with E-state index in [1.807, 2.05) is 91.9 Å². The van der Waals surface area contributed by atoms with E-state index in [1.54, 1.807) is 0 Å². The minimum absolute atomic E-state index is 0.163. The number of carbonyl (C=O) groups is 1. The maximum absolute atomic E-state index is 11.6. The zero-order valence-electron chi connectivity index (χ0n) is 21.4. The number of oxime groups is 1. The highest BCUT2D eigenvalue weighted by molar-refractivity contribution is 6.00. The Balaban J connectivity index is 1.26. The lowest BCUT2D eigenvalue weighted by molar-refractivity contribution is -0.143. The van der Waals surface area contributed by atoms with Gasteiger partial charge < -0.3 is 18.8 Å². The van der Waals surface area contributed by atoms with Gasteiger partial charge >= 0.3 is 5.97 Å². The minimum Gasteiger partial charge on any atom is -0.485 e. The summed E-state index contributed by atoms with van der Waals surface area (Å²) in [6.45, 7) is 2.75. The number of carbonyl (C=O) groups excluding carboxylic acids is 1. The largest absolute Gasteiger partial charge is 0.485 e. The first kappa shape index (κ1) is 26.6. The molecule has 8 nitrogen and oxygen atoms in total. The molecule has 0 saturated heterocycles. The summed E-state index contributed by atoms with van der Waals surface area (Å²) in [5.74, 6) is 1.46. The summed E-state index contributed by atoms with van der Waals surface area (Å²) < 4.78 is 16.1. The fourth-order valence-corrected chi connectivity index (χ4v) is 3.69. The van der Waals surface area contributed by atoms with Gasteiger partial charge in [0, 0.05) is 12.0 Å². The monoisotopic (exact) mass is 513 g/mol. The third-order valence-electron chi connectivity index (χ3n) is 5.64. The van der Waals surface area contributed by atoms with Crippen molar-refractivity contribution in [3.05, 3.63) is 102 Å². The Kier molecular flexibility index (Phi) is 10.0. The molecule has 0 aliphatic carbocycles. The summed E-state index contributed by atoms with van der Waals surface area (Å²) in [5, 5.41) is 8.39. The second kappa shape index (κ2) is 14.3. The zero-order chi connectivity index (χ0) is 26.4. The first-order valence-electron chi connectivity index (χ1n) is 12.7. The molecule has 1 heterocycles. The fourth-order valence-electron chi connectivity index (χ4n) is 3.69. The number of aromatic nitrogens is 2. The number of ether oxygens (including phenoxy) is 2. The quantitative estimate of drug-likeness (QED) is 0.0838. The van der Waals surface area contributed by atoms with Gasteiger partial charge in [0.1, 0.15) is 12.4 Å². The predicted molar refractivity (Wildman–Crippen MR) is 143 cm³/mol. The van der Waals surface area contributed by atoms with E-state index >= 15 is 0 Å². The summed E-state index contributed by atoms with van der Waals surface area (Å²) in [6.07, 6.45) is 2.67. The molecule has 8 heteroatoms. The van der Waals surface area contributed by atoms with Crippen molar-refractivity contribution < 1.29 is 23.6 Å². The van der Waals surface area contributed by atoms with Crippen molar-refractivity contribution in [1.29, 1.82) is 0 Å². The smallest absolute Gasteiger partial charge is 0.305 e. The second-order valence-corrected chi connectivity index (χ2v) is 8.50. The molecule has 0 saturated carbocycles. The molecule has 0 fully saturated rings. The van der Waals surface area contributed by atoms with E-state index in [1.165, 1.54) is 0 Å². The fraction of sp³-hybridized carbons (Fsp3) is 0.267. The van der Waals surface area contributed by atoms with Crippen LogP contribution in [0.15, 0.2) is 94.6 Å². The van der Waals surface area contributed by atoms with Crippen LogP contribution in [-0.2, 0) is 27.6 Å². The maximum Gasteiger partial charge on any atom is 0.305 e. The molecule has 1 aromatic heterocycles. The van der Waals surface area contributed by atoms with Gasteiger partial charge in [0.05, 0.1) is 12.3 Å². The summed E-state index contributed by atoms with van der Waals surface area (Å²) >= 11 is 0. The van der Waals surface area contributed by atoms with E-state index in [2.05, 4.69) is 15.3 Å². The van der Waals surface area contributed by atoms with E-state index in [9.17, 15) is 4.79 Å². The lowest BCUT2D eigenvalue weighted by Gasteiger charge is -2.08. The van der Waals surface area contributed by atoms with Gasteiger partial charge in [-0.1, -0.05) is 71.0 Å². The van der Waals surface area contributed by atoms with Crippen LogP contribution in [0.1, 0.15) is 49.6 Å².